The SMILES string of the molecule is CCC(C)(C)c1ccc(OC(C)Oc2ccccc2)c(C(C)(C)CC)c1. The third-order valence-corrected chi connectivity index (χ3v) is 5.60. The van der Waals surface area contributed by atoms with Crippen molar-refractivity contribution in [1.82, 2.24) is 0 Å². The fourth-order valence-electron chi connectivity index (χ4n) is 2.87. The standard InChI is InChI=1S/C24H34O2/c1-8-23(4,5)19-15-16-22(21(17-19)24(6,7)9-2)26-18(3)25-20-13-11-10-12-14-20/h10-18H,8-9H2,1-7H3. The molecule has 0 spiro atoms. The number of ether oxygens (including phenoxy) is 2. The second kappa shape index (κ2) is 8.16. The predicted octanol–water partition coefficient (Wildman–Crippen LogP) is 6.87. The van der Waals surface area contributed by atoms with Crippen molar-refractivity contribution in [3.8, 4) is 11.5 Å². The molecule has 2 rings (SSSR count). The third kappa shape index (κ3) is 4.81. The van der Waals surface area contributed by atoms with Gasteiger partial charge in [-0.3, -0.25) is 0 Å². The van der Waals surface area contributed by atoms with Gasteiger partial charge in [0.05, 0.1) is 0 Å². The lowest BCUT2D eigenvalue weighted by Gasteiger charge is -2.31. The number of para-hydroxylation sites is 1. The minimum Gasteiger partial charge on any atom is -0.455 e. The first-order valence-corrected chi connectivity index (χ1v) is 9.73. The van der Waals surface area contributed by atoms with Crippen molar-refractivity contribution >= 4 is 0 Å². The van der Waals surface area contributed by atoms with Crippen LogP contribution in [-0.2, 0) is 10.8 Å². The van der Waals surface area contributed by atoms with Crippen molar-refractivity contribution in [3.63, 3.8) is 0 Å². The topological polar surface area (TPSA) is 18.5 Å². The van der Waals surface area contributed by atoms with Crippen molar-refractivity contribution in [2.75, 3.05) is 0 Å². The summed E-state index contributed by atoms with van der Waals surface area (Å²) in [5.41, 5.74) is 2.81. The summed E-state index contributed by atoms with van der Waals surface area (Å²) in [6.07, 6.45) is 1.80. The maximum atomic E-state index is 6.22. The molecule has 26 heavy (non-hydrogen) atoms. The van der Waals surface area contributed by atoms with E-state index in [2.05, 4.69) is 59.7 Å². The zero-order valence-electron chi connectivity index (χ0n) is 17.4. The molecule has 0 heterocycles. The molecule has 2 aromatic rings. The van der Waals surface area contributed by atoms with Crippen LogP contribution in [0.3, 0.4) is 0 Å². The molecule has 0 amide bonds. The molecule has 2 nitrogen and oxygen atoms in total. The summed E-state index contributed by atoms with van der Waals surface area (Å²) < 4.78 is 12.1. The van der Waals surface area contributed by atoms with Crippen molar-refractivity contribution in [3.05, 3.63) is 59.7 Å². The van der Waals surface area contributed by atoms with Gasteiger partial charge in [-0.1, -0.05) is 71.9 Å². The van der Waals surface area contributed by atoms with Gasteiger partial charge >= 0.3 is 0 Å². The highest BCUT2D eigenvalue weighted by Gasteiger charge is 2.27. The zero-order valence-corrected chi connectivity index (χ0v) is 17.4. The molecule has 0 N–H and O–H groups in total. The van der Waals surface area contributed by atoms with Gasteiger partial charge in [0, 0.05) is 12.5 Å². The van der Waals surface area contributed by atoms with Gasteiger partial charge in [-0.25, -0.2) is 0 Å². The Morgan fingerprint density at radius 2 is 1.42 bits per heavy atom. The predicted molar refractivity (Wildman–Crippen MR) is 110 cm³/mol. The molecule has 2 heteroatoms. The molecule has 142 valence electrons. The quantitative estimate of drug-likeness (QED) is 0.482. The van der Waals surface area contributed by atoms with Gasteiger partial charge in [-0.05, 0) is 47.4 Å². The van der Waals surface area contributed by atoms with Crippen molar-refractivity contribution in [2.45, 2.75) is 78.4 Å². The average molecular weight is 355 g/mol. The molecule has 0 fully saturated rings. The molecule has 2 aromatic carbocycles. The number of hydrogen-bond donors (Lipinski definition) is 0. The van der Waals surface area contributed by atoms with E-state index in [4.69, 9.17) is 9.47 Å². The lowest BCUT2D eigenvalue weighted by molar-refractivity contribution is 0.0207. The number of hydrogen-bond acceptors (Lipinski definition) is 2. The fourth-order valence-corrected chi connectivity index (χ4v) is 2.87. The molecule has 0 aromatic heterocycles. The zero-order chi connectivity index (χ0) is 19.4. The Balaban J connectivity index is 2.32. The lowest BCUT2D eigenvalue weighted by Crippen LogP contribution is -2.25. The highest BCUT2D eigenvalue weighted by Crippen LogP contribution is 2.38. The lowest BCUT2D eigenvalue weighted by atomic mass is 9.76. The van der Waals surface area contributed by atoms with E-state index in [-0.39, 0.29) is 17.1 Å². The number of benzene rings is 2. The first kappa shape index (κ1) is 20.4. The Morgan fingerprint density at radius 1 is 0.808 bits per heavy atom. The number of rotatable bonds is 8. The van der Waals surface area contributed by atoms with E-state index in [0.29, 0.717) is 0 Å². The van der Waals surface area contributed by atoms with Crippen LogP contribution in [-0.4, -0.2) is 6.29 Å². The van der Waals surface area contributed by atoms with E-state index >= 15 is 0 Å². The van der Waals surface area contributed by atoms with Crippen LogP contribution in [0.25, 0.3) is 0 Å². The normalized spacial score (nSPS) is 13.3. The van der Waals surface area contributed by atoms with Gasteiger partial charge in [0.2, 0.25) is 6.29 Å². The van der Waals surface area contributed by atoms with E-state index in [1.807, 2.05) is 37.3 Å². The van der Waals surface area contributed by atoms with Crippen LogP contribution in [0, 0.1) is 0 Å². The summed E-state index contributed by atoms with van der Waals surface area (Å²) in [5.74, 6) is 1.73. The molecule has 1 unspecified atom stereocenters. The molecule has 0 aliphatic heterocycles. The smallest absolute Gasteiger partial charge is 0.238 e. The molecule has 0 radical (unpaired) electrons. The Bertz CT molecular complexity index is 701. The maximum Gasteiger partial charge on any atom is 0.238 e. The maximum absolute atomic E-state index is 6.22. The molecule has 1 atom stereocenters. The second-order valence-corrected chi connectivity index (χ2v) is 8.30. The van der Waals surface area contributed by atoms with Crippen LogP contribution in [0.2, 0.25) is 0 Å². The molecule has 0 saturated heterocycles. The Morgan fingerprint density at radius 3 is 2.00 bits per heavy atom. The first-order valence-electron chi connectivity index (χ1n) is 9.73. The molecule has 0 aliphatic carbocycles. The summed E-state index contributed by atoms with van der Waals surface area (Å²) >= 11 is 0. The van der Waals surface area contributed by atoms with E-state index in [0.717, 1.165) is 24.3 Å². The van der Waals surface area contributed by atoms with Gasteiger partial charge in [-0.2, -0.15) is 0 Å². The second-order valence-electron chi connectivity index (χ2n) is 8.30. The summed E-state index contributed by atoms with van der Waals surface area (Å²) in [6, 6.07) is 16.5. The monoisotopic (exact) mass is 354 g/mol. The Kier molecular flexibility index (Phi) is 6.39. The first-order chi connectivity index (χ1) is 12.2. The van der Waals surface area contributed by atoms with Crippen LogP contribution < -0.4 is 9.47 Å². The van der Waals surface area contributed by atoms with Gasteiger partial charge in [0.1, 0.15) is 11.5 Å². The van der Waals surface area contributed by atoms with E-state index in [1.165, 1.54) is 11.1 Å². The van der Waals surface area contributed by atoms with Crippen LogP contribution in [0.15, 0.2) is 48.5 Å². The Labute approximate surface area is 159 Å². The third-order valence-electron chi connectivity index (χ3n) is 5.60. The van der Waals surface area contributed by atoms with E-state index in [1.54, 1.807) is 0 Å². The molecule has 0 bridgehead atoms. The van der Waals surface area contributed by atoms with Crippen LogP contribution in [0.4, 0.5) is 0 Å². The highest BCUT2D eigenvalue weighted by molar-refractivity contribution is 5.44. The van der Waals surface area contributed by atoms with Crippen LogP contribution >= 0.6 is 0 Å². The fraction of sp³-hybridized carbons (Fsp3) is 0.500. The molecule has 0 aliphatic rings. The van der Waals surface area contributed by atoms with E-state index in [9.17, 15) is 0 Å². The van der Waals surface area contributed by atoms with Gasteiger partial charge in [0.25, 0.3) is 0 Å². The van der Waals surface area contributed by atoms with Crippen molar-refractivity contribution in [2.24, 2.45) is 0 Å². The molecular formula is C24H34O2. The molecular weight excluding hydrogens is 320 g/mol. The summed E-state index contributed by atoms with van der Waals surface area (Å²) in [7, 11) is 0. The summed E-state index contributed by atoms with van der Waals surface area (Å²) in [5, 5.41) is 0. The van der Waals surface area contributed by atoms with Crippen LogP contribution in [0.5, 0.6) is 11.5 Å². The molecule has 0 saturated carbocycles. The summed E-state index contributed by atoms with van der Waals surface area (Å²) in [6.45, 7) is 15.6. The van der Waals surface area contributed by atoms with Crippen molar-refractivity contribution < 1.29 is 9.47 Å². The van der Waals surface area contributed by atoms with Gasteiger partial charge in [-0.15, -0.1) is 0 Å². The highest BCUT2D eigenvalue weighted by atomic mass is 16.7. The minimum absolute atomic E-state index is 0.0433. The van der Waals surface area contributed by atoms with Crippen LogP contribution in [0.1, 0.15) is 72.4 Å². The minimum atomic E-state index is -0.353. The van der Waals surface area contributed by atoms with Gasteiger partial charge < -0.3 is 9.47 Å². The summed E-state index contributed by atoms with van der Waals surface area (Å²) in [4.78, 5) is 0. The Hall–Kier alpha value is -1.96. The van der Waals surface area contributed by atoms with Crippen molar-refractivity contribution in [1.29, 1.82) is 0 Å². The van der Waals surface area contributed by atoms with Gasteiger partial charge in [0.15, 0.2) is 0 Å². The average Bonchev–Trinajstić information content (AvgIpc) is 2.62. The van der Waals surface area contributed by atoms with E-state index < -0.39 is 0 Å². The largest absolute Gasteiger partial charge is 0.455 e.